The number of methoxy groups -OCH3 is 2. The van der Waals surface area contributed by atoms with E-state index in [2.05, 4.69) is 15.3 Å². The van der Waals surface area contributed by atoms with Gasteiger partial charge in [0.05, 0.1) is 30.0 Å². The minimum absolute atomic E-state index is 0.535. The molecule has 2 heterocycles. The van der Waals surface area contributed by atoms with Gasteiger partial charge >= 0.3 is 0 Å². The van der Waals surface area contributed by atoms with Crippen LogP contribution in [-0.4, -0.2) is 30.5 Å². The van der Waals surface area contributed by atoms with Crippen LogP contribution in [0.15, 0.2) is 29.9 Å². The molecule has 1 N–H and O–H groups in total. The normalized spacial score (nSPS) is 10.5. The summed E-state index contributed by atoms with van der Waals surface area (Å²) in [6.07, 6.45) is 2.26. The molecule has 0 bridgehead atoms. The van der Waals surface area contributed by atoms with E-state index in [1.54, 1.807) is 19.6 Å². The molecule has 0 atom stereocenters. The topological polar surface area (TPSA) is 73.3 Å². The lowest BCUT2D eigenvalue weighted by atomic mass is 10.2. The van der Waals surface area contributed by atoms with Crippen LogP contribution in [0.4, 0.5) is 5.82 Å². The van der Waals surface area contributed by atoms with Crippen LogP contribution >= 0.6 is 11.3 Å². The third-order valence-electron chi connectivity index (χ3n) is 3.45. The summed E-state index contributed by atoms with van der Waals surface area (Å²) in [6.45, 7) is 0.535. The van der Waals surface area contributed by atoms with Crippen LogP contribution in [0.3, 0.4) is 0 Å². The Morgan fingerprint density at radius 2 is 2.13 bits per heavy atom. The SMILES string of the molecule is COc1ccc(CNc2ncnc3c(C=O)csc23)c(OC)c1. The lowest BCUT2D eigenvalue weighted by Gasteiger charge is -2.12. The molecular weight excluding hydrogens is 314 g/mol. The summed E-state index contributed by atoms with van der Waals surface area (Å²) in [5, 5.41) is 5.06. The van der Waals surface area contributed by atoms with E-state index in [4.69, 9.17) is 9.47 Å². The maximum absolute atomic E-state index is 11.0. The molecule has 0 amide bonds. The molecule has 0 aliphatic rings. The Kier molecular flexibility index (Phi) is 4.38. The van der Waals surface area contributed by atoms with Crippen LogP contribution in [0, 0.1) is 0 Å². The zero-order valence-electron chi connectivity index (χ0n) is 12.7. The summed E-state index contributed by atoms with van der Waals surface area (Å²) in [5.74, 6) is 2.18. The van der Waals surface area contributed by atoms with Gasteiger partial charge in [0.25, 0.3) is 0 Å². The van der Waals surface area contributed by atoms with Crippen molar-refractivity contribution in [3.63, 3.8) is 0 Å². The monoisotopic (exact) mass is 329 g/mol. The van der Waals surface area contributed by atoms with Gasteiger partial charge in [0.15, 0.2) is 6.29 Å². The molecule has 0 radical (unpaired) electrons. The van der Waals surface area contributed by atoms with Crippen LogP contribution in [0.1, 0.15) is 15.9 Å². The number of aromatic nitrogens is 2. The number of aldehydes is 1. The molecule has 2 aromatic heterocycles. The van der Waals surface area contributed by atoms with Crippen LogP contribution in [0.5, 0.6) is 11.5 Å². The third-order valence-corrected chi connectivity index (χ3v) is 4.44. The Morgan fingerprint density at radius 1 is 1.26 bits per heavy atom. The fourth-order valence-corrected chi connectivity index (χ4v) is 3.19. The Labute approximate surface area is 137 Å². The molecule has 0 spiro atoms. The zero-order chi connectivity index (χ0) is 16.2. The highest BCUT2D eigenvalue weighted by molar-refractivity contribution is 7.18. The molecule has 1 aromatic carbocycles. The maximum Gasteiger partial charge on any atom is 0.153 e. The van der Waals surface area contributed by atoms with Crippen molar-refractivity contribution in [2.45, 2.75) is 6.54 Å². The Balaban J connectivity index is 1.86. The van der Waals surface area contributed by atoms with Crippen LogP contribution in [-0.2, 0) is 6.54 Å². The standard InChI is InChI=1S/C16H15N3O3S/c1-21-12-4-3-10(13(5-12)22-2)6-17-16-15-14(18-9-19-16)11(7-20)8-23-15/h3-5,7-9H,6H2,1-2H3,(H,17,18,19). The van der Waals surface area contributed by atoms with Crippen LogP contribution in [0.2, 0.25) is 0 Å². The fourth-order valence-electron chi connectivity index (χ4n) is 2.26. The molecule has 0 aliphatic heterocycles. The van der Waals surface area contributed by atoms with Crippen molar-refractivity contribution in [2.75, 3.05) is 19.5 Å². The minimum atomic E-state index is 0.535. The number of nitrogens with zero attached hydrogens (tertiary/aromatic N) is 2. The number of fused-ring (bicyclic) bond motifs is 1. The molecule has 3 aromatic rings. The lowest BCUT2D eigenvalue weighted by Crippen LogP contribution is -2.04. The smallest absolute Gasteiger partial charge is 0.153 e. The average molecular weight is 329 g/mol. The highest BCUT2D eigenvalue weighted by Crippen LogP contribution is 2.30. The summed E-state index contributed by atoms with van der Waals surface area (Å²) >= 11 is 1.45. The second kappa shape index (κ2) is 6.62. The first kappa shape index (κ1) is 15.2. The van der Waals surface area contributed by atoms with Crippen molar-refractivity contribution in [1.29, 1.82) is 0 Å². The van der Waals surface area contributed by atoms with E-state index in [1.165, 1.54) is 17.7 Å². The number of benzene rings is 1. The van der Waals surface area contributed by atoms with Gasteiger partial charge < -0.3 is 14.8 Å². The molecule has 23 heavy (non-hydrogen) atoms. The van der Waals surface area contributed by atoms with E-state index in [9.17, 15) is 4.79 Å². The molecule has 0 aliphatic carbocycles. The van der Waals surface area contributed by atoms with Gasteiger partial charge in [-0.25, -0.2) is 9.97 Å². The van der Waals surface area contributed by atoms with Crippen LogP contribution < -0.4 is 14.8 Å². The minimum Gasteiger partial charge on any atom is -0.497 e. The van der Waals surface area contributed by atoms with Crippen molar-refractivity contribution in [3.05, 3.63) is 41.0 Å². The maximum atomic E-state index is 11.0. The number of carbonyl (C=O) groups excluding carboxylic acids is 1. The van der Waals surface area contributed by atoms with Crippen molar-refractivity contribution in [1.82, 2.24) is 9.97 Å². The lowest BCUT2D eigenvalue weighted by molar-refractivity contribution is 0.112. The van der Waals surface area contributed by atoms with Crippen LogP contribution in [0.25, 0.3) is 10.2 Å². The van der Waals surface area contributed by atoms with Crippen molar-refractivity contribution < 1.29 is 14.3 Å². The third kappa shape index (κ3) is 2.95. The number of nitrogens with one attached hydrogen (secondary N) is 1. The largest absolute Gasteiger partial charge is 0.497 e. The number of ether oxygens (including phenoxy) is 2. The van der Waals surface area contributed by atoms with E-state index in [1.807, 2.05) is 18.2 Å². The van der Waals surface area contributed by atoms with E-state index >= 15 is 0 Å². The van der Waals surface area contributed by atoms with Gasteiger partial charge in [0.1, 0.15) is 23.6 Å². The second-order valence-electron chi connectivity index (χ2n) is 4.74. The number of carbonyl (C=O) groups is 1. The van der Waals surface area contributed by atoms with Gasteiger partial charge in [0.2, 0.25) is 0 Å². The summed E-state index contributed by atoms with van der Waals surface area (Å²) in [4.78, 5) is 19.5. The Hall–Kier alpha value is -2.67. The summed E-state index contributed by atoms with van der Waals surface area (Å²) in [6, 6.07) is 5.65. The van der Waals surface area contributed by atoms with Gasteiger partial charge in [-0.05, 0) is 12.1 Å². The van der Waals surface area contributed by atoms with Gasteiger partial charge in [-0.1, -0.05) is 0 Å². The highest BCUT2D eigenvalue weighted by atomic mass is 32.1. The Morgan fingerprint density at radius 3 is 2.87 bits per heavy atom. The van der Waals surface area contributed by atoms with Gasteiger partial charge in [-0.2, -0.15) is 0 Å². The molecule has 0 saturated heterocycles. The molecule has 0 fully saturated rings. The fraction of sp³-hybridized carbons (Fsp3) is 0.188. The van der Waals surface area contributed by atoms with Crippen molar-refractivity contribution in [2.24, 2.45) is 0 Å². The zero-order valence-corrected chi connectivity index (χ0v) is 13.5. The first-order valence-electron chi connectivity index (χ1n) is 6.89. The Bertz CT molecular complexity index is 848. The first-order valence-corrected chi connectivity index (χ1v) is 7.77. The number of thiophene rings is 1. The number of hydrogen-bond acceptors (Lipinski definition) is 7. The van der Waals surface area contributed by atoms with E-state index in [0.29, 0.717) is 23.4 Å². The molecule has 0 unspecified atom stereocenters. The molecule has 3 rings (SSSR count). The van der Waals surface area contributed by atoms with Gasteiger partial charge in [-0.15, -0.1) is 11.3 Å². The highest BCUT2D eigenvalue weighted by Gasteiger charge is 2.11. The van der Waals surface area contributed by atoms with Gasteiger partial charge in [0, 0.05) is 23.6 Å². The first-order chi connectivity index (χ1) is 11.3. The second-order valence-corrected chi connectivity index (χ2v) is 5.62. The van der Waals surface area contributed by atoms with Crippen molar-refractivity contribution in [3.8, 4) is 11.5 Å². The number of anilines is 1. The average Bonchev–Trinajstić information content (AvgIpc) is 3.03. The molecule has 0 saturated carbocycles. The summed E-state index contributed by atoms with van der Waals surface area (Å²) in [7, 11) is 3.24. The number of hydrogen-bond donors (Lipinski definition) is 1. The van der Waals surface area contributed by atoms with E-state index < -0.39 is 0 Å². The van der Waals surface area contributed by atoms with Crippen molar-refractivity contribution >= 4 is 33.7 Å². The molecular formula is C16H15N3O3S. The molecule has 6 nitrogen and oxygen atoms in total. The number of rotatable bonds is 6. The van der Waals surface area contributed by atoms with E-state index in [0.717, 1.165) is 28.0 Å². The van der Waals surface area contributed by atoms with Gasteiger partial charge in [-0.3, -0.25) is 4.79 Å². The predicted octanol–water partition coefficient (Wildman–Crippen LogP) is 3.13. The van der Waals surface area contributed by atoms with E-state index in [-0.39, 0.29) is 0 Å². The predicted molar refractivity (Wildman–Crippen MR) is 89.7 cm³/mol. The quantitative estimate of drug-likeness (QED) is 0.700. The molecule has 7 heteroatoms. The summed E-state index contributed by atoms with van der Waals surface area (Å²) < 4.78 is 11.4. The molecule has 118 valence electrons. The summed E-state index contributed by atoms with van der Waals surface area (Å²) in [5.41, 5.74) is 2.23.